The van der Waals surface area contributed by atoms with Crippen LogP contribution in [0.1, 0.15) is 44.3 Å². The Balaban J connectivity index is 1.98. The predicted molar refractivity (Wildman–Crippen MR) is 68.4 cm³/mol. The van der Waals surface area contributed by atoms with Crippen molar-refractivity contribution in [3.63, 3.8) is 0 Å². The minimum atomic E-state index is 0.322. The van der Waals surface area contributed by atoms with Gasteiger partial charge in [0.15, 0.2) is 0 Å². The van der Waals surface area contributed by atoms with Crippen LogP contribution in [0.2, 0.25) is 0 Å². The summed E-state index contributed by atoms with van der Waals surface area (Å²) in [5.41, 5.74) is 6.99. The van der Waals surface area contributed by atoms with Crippen molar-refractivity contribution in [3.8, 4) is 0 Å². The van der Waals surface area contributed by atoms with E-state index in [1.165, 1.54) is 12.8 Å². The van der Waals surface area contributed by atoms with E-state index in [0.29, 0.717) is 18.1 Å². The summed E-state index contributed by atoms with van der Waals surface area (Å²) in [7, 11) is 2.18. The highest BCUT2D eigenvalue weighted by Gasteiger charge is 2.25. The summed E-state index contributed by atoms with van der Waals surface area (Å²) in [5.74, 6) is 0. The molecule has 1 aliphatic carbocycles. The van der Waals surface area contributed by atoms with Crippen molar-refractivity contribution in [1.82, 2.24) is 14.9 Å². The van der Waals surface area contributed by atoms with E-state index in [1.807, 2.05) is 6.20 Å². The maximum absolute atomic E-state index is 5.94. The van der Waals surface area contributed by atoms with Crippen molar-refractivity contribution in [2.75, 3.05) is 7.05 Å². The van der Waals surface area contributed by atoms with Crippen LogP contribution in [0.15, 0.2) is 18.6 Å². The van der Waals surface area contributed by atoms with Crippen LogP contribution in [0.4, 0.5) is 0 Å². The quantitative estimate of drug-likeness (QED) is 0.865. The Labute approximate surface area is 103 Å². The van der Waals surface area contributed by atoms with Gasteiger partial charge in [0.05, 0.1) is 11.7 Å². The fraction of sp³-hybridized carbons (Fsp3) is 0.692. The summed E-state index contributed by atoms with van der Waals surface area (Å²) in [6.45, 7) is 2.19. The zero-order valence-corrected chi connectivity index (χ0v) is 10.7. The maximum Gasteiger partial charge on any atom is 0.0755 e. The van der Waals surface area contributed by atoms with Gasteiger partial charge >= 0.3 is 0 Å². The molecule has 1 heterocycles. The first kappa shape index (κ1) is 12.5. The lowest BCUT2D eigenvalue weighted by molar-refractivity contribution is 0.138. The lowest BCUT2D eigenvalue weighted by Gasteiger charge is -2.36. The van der Waals surface area contributed by atoms with Gasteiger partial charge in [-0.1, -0.05) is 0 Å². The number of hydrogen-bond acceptors (Lipinski definition) is 4. The van der Waals surface area contributed by atoms with Crippen LogP contribution in [0.5, 0.6) is 0 Å². The third-order valence-electron chi connectivity index (χ3n) is 3.94. The van der Waals surface area contributed by atoms with Crippen molar-refractivity contribution < 1.29 is 0 Å². The van der Waals surface area contributed by atoms with E-state index < -0.39 is 0 Å². The third kappa shape index (κ3) is 3.01. The fourth-order valence-electron chi connectivity index (χ4n) is 2.56. The first-order valence-electron chi connectivity index (χ1n) is 6.42. The lowest BCUT2D eigenvalue weighted by atomic mass is 9.90. The topological polar surface area (TPSA) is 55.0 Å². The van der Waals surface area contributed by atoms with Gasteiger partial charge in [0.1, 0.15) is 0 Å². The number of nitrogens with zero attached hydrogens (tertiary/aromatic N) is 3. The molecule has 2 rings (SSSR count). The molecule has 1 aromatic rings. The van der Waals surface area contributed by atoms with Gasteiger partial charge in [0.2, 0.25) is 0 Å². The second-order valence-corrected chi connectivity index (χ2v) is 5.04. The summed E-state index contributed by atoms with van der Waals surface area (Å²) in [6.07, 6.45) is 10.0. The van der Waals surface area contributed by atoms with E-state index in [2.05, 4.69) is 28.8 Å². The van der Waals surface area contributed by atoms with Crippen LogP contribution in [0.25, 0.3) is 0 Å². The zero-order chi connectivity index (χ0) is 12.3. The molecule has 0 amide bonds. The standard InChI is InChI=1S/C13H22N4/c1-10(13-9-15-7-8-16-13)17(2)12-5-3-11(14)4-6-12/h7-12H,3-6,14H2,1-2H3. The first-order valence-corrected chi connectivity index (χ1v) is 6.42. The summed E-state index contributed by atoms with van der Waals surface area (Å²) in [5, 5.41) is 0. The molecule has 0 saturated heterocycles. The van der Waals surface area contributed by atoms with E-state index in [4.69, 9.17) is 5.73 Å². The van der Waals surface area contributed by atoms with E-state index >= 15 is 0 Å². The minimum Gasteiger partial charge on any atom is -0.328 e. The van der Waals surface area contributed by atoms with E-state index in [-0.39, 0.29) is 0 Å². The Bertz CT molecular complexity index is 333. The van der Waals surface area contributed by atoms with Gasteiger partial charge in [-0.2, -0.15) is 0 Å². The van der Waals surface area contributed by atoms with Crippen LogP contribution in [0.3, 0.4) is 0 Å². The van der Waals surface area contributed by atoms with Crippen LogP contribution < -0.4 is 5.73 Å². The molecule has 94 valence electrons. The summed E-state index contributed by atoms with van der Waals surface area (Å²) in [6, 6.07) is 1.36. The van der Waals surface area contributed by atoms with Crippen LogP contribution in [-0.4, -0.2) is 34.0 Å². The Kier molecular flexibility index (Phi) is 4.07. The SMILES string of the molecule is CC(c1cnccn1)N(C)C1CCC(N)CC1. The van der Waals surface area contributed by atoms with E-state index in [9.17, 15) is 0 Å². The van der Waals surface area contributed by atoms with Crippen molar-refractivity contribution in [2.45, 2.75) is 50.7 Å². The molecule has 0 aromatic carbocycles. The lowest BCUT2D eigenvalue weighted by Crippen LogP contribution is -2.40. The molecule has 4 heteroatoms. The second-order valence-electron chi connectivity index (χ2n) is 5.04. The van der Waals surface area contributed by atoms with Crippen LogP contribution in [-0.2, 0) is 0 Å². The average molecular weight is 234 g/mol. The minimum absolute atomic E-state index is 0.322. The Morgan fingerprint density at radius 3 is 2.59 bits per heavy atom. The number of hydrogen-bond donors (Lipinski definition) is 1. The summed E-state index contributed by atoms with van der Waals surface area (Å²) < 4.78 is 0. The highest BCUT2D eigenvalue weighted by molar-refractivity contribution is 5.02. The molecule has 1 saturated carbocycles. The molecular weight excluding hydrogens is 212 g/mol. The van der Waals surface area contributed by atoms with Crippen LogP contribution in [0, 0.1) is 0 Å². The molecule has 1 aromatic heterocycles. The molecule has 0 aliphatic heterocycles. The largest absolute Gasteiger partial charge is 0.328 e. The Hall–Kier alpha value is -1.00. The molecule has 0 spiro atoms. The summed E-state index contributed by atoms with van der Waals surface area (Å²) >= 11 is 0. The van der Waals surface area contributed by atoms with Gasteiger partial charge in [0.25, 0.3) is 0 Å². The predicted octanol–water partition coefficient (Wildman–Crippen LogP) is 1.74. The molecule has 1 unspecified atom stereocenters. The van der Waals surface area contributed by atoms with Gasteiger partial charge in [-0.25, -0.2) is 0 Å². The zero-order valence-electron chi connectivity index (χ0n) is 10.7. The van der Waals surface area contributed by atoms with Gasteiger partial charge in [0, 0.05) is 30.7 Å². The Morgan fingerprint density at radius 2 is 2.00 bits per heavy atom. The molecule has 4 nitrogen and oxygen atoms in total. The van der Waals surface area contributed by atoms with Gasteiger partial charge < -0.3 is 5.73 Å². The third-order valence-corrected chi connectivity index (χ3v) is 3.94. The maximum atomic E-state index is 5.94. The smallest absolute Gasteiger partial charge is 0.0755 e. The summed E-state index contributed by atoms with van der Waals surface area (Å²) in [4.78, 5) is 10.9. The molecule has 2 N–H and O–H groups in total. The van der Waals surface area contributed by atoms with Gasteiger partial charge in [-0.15, -0.1) is 0 Å². The number of aromatic nitrogens is 2. The number of nitrogens with two attached hydrogens (primary N) is 1. The van der Waals surface area contributed by atoms with Crippen molar-refractivity contribution >= 4 is 0 Å². The number of rotatable bonds is 3. The van der Waals surface area contributed by atoms with E-state index in [0.717, 1.165) is 18.5 Å². The molecule has 1 atom stereocenters. The molecule has 1 aliphatic rings. The normalized spacial score (nSPS) is 27.1. The van der Waals surface area contributed by atoms with Gasteiger partial charge in [-0.05, 0) is 39.7 Å². The molecule has 1 fully saturated rings. The molecular formula is C13H22N4. The molecule has 17 heavy (non-hydrogen) atoms. The molecule has 0 bridgehead atoms. The average Bonchev–Trinajstić information content (AvgIpc) is 2.39. The Morgan fingerprint density at radius 1 is 1.29 bits per heavy atom. The van der Waals surface area contributed by atoms with Gasteiger partial charge in [-0.3, -0.25) is 14.9 Å². The monoisotopic (exact) mass is 234 g/mol. The second kappa shape index (κ2) is 5.56. The van der Waals surface area contributed by atoms with Crippen molar-refractivity contribution in [2.24, 2.45) is 5.73 Å². The first-order chi connectivity index (χ1) is 8.18. The van der Waals surface area contributed by atoms with E-state index in [1.54, 1.807) is 12.4 Å². The fourth-order valence-corrected chi connectivity index (χ4v) is 2.56. The van der Waals surface area contributed by atoms with Crippen LogP contribution >= 0.6 is 0 Å². The van der Waals surface area contributed by atoms with Crippen molar-refractivity contribution in [3.05, 3.63) is 24.3 Å². The van der Waals surface area contributed by atoms with Crippen molar-refractivity contribution in [1.29, 1.82) is 0 Å². The highest BCUT2D eigenvalue weighted by atomic mass is 15.2. The molecule has 0 radical (unpaired) electrons. The highest BCUT2D eigenvalue weighted by Crippen LogP contribution is 2.27.